The van der Waals surface area contributed by atoms with E-state index in [-0.39, 0.29) is 17.5 Å². The number of alkyl halides is 3. The van der Waals surface area contributed by atoms with Crippen molar-refractivity contribution in [3.8, 4) is 0 Å². The number of hydrogen-bond acceptors (Lipinski definition) is 3. The minimum Gasteiger partial charge on any atom is -0.350 e. The van der Waals surface area contributed by atoms with Gasteiger partial charge < -0.3 is 5.32 Å². The maximum absolute atomic E-state index is 12.3. The van der Waals surface area contributed by atoms with Crippen LogP contribution in [-0.2, 0) is 0 Å². The van der Waals surface area contributed by atoms with Crippen LogP contribution in [0.15, 0.2) is 18.3 Å². The Bertz CT molecular complexity index is 510. The van der Waals surface area contributed by atoms with Crippen molar-refractivity contribution in [1.82, 2.24) is 15.2 Å². The number of carbonyl (C=O) groups is 1. The van der Waals surface area contributed by atoms with Crippen LogP contribution < -0.4 is 5.32 Å². The molecule has 2 rings (SSSR count). The van der Waals surface area contributed by atoms with Crippen molar-refractivity contribution < 1.29 is 18.0 Å². The summed E-state index contributed by atoms with van der Waals surface area (Å²) in [5.74, 6) is -0.345. The van der Waals surface area contributed by atoms with E-state index in [0.717, 1.165) is 0 Å². The minimum atomic E-state index is -4.18. The molecule has 0 radical (unpaired) electrons. The zero-order chi connectivity index (χ0) is 15.5. The molecule has 1 aliphatic heterocycles. The van der Waals surface area contributed by atoms with Crippen LogP contribution in [0.3, 0.4) is 0 Å². The Labute approximate surface area is 125 Å². The number of nitrogens with one attached hydrogen (secondary N) is 1. The lowest BCUT2D eigenvalue weighted by atomic mass is 10.1. The molecule has 1 amide bonds. The van der Waals surface area contributed by atoms with Gasteiger partial charge in [-0.2, -0.15) is 13.2 Å². The number of carbonyl (C=O) groups excluding carboxylic acids is 1. The Kier molecular flexibility index (Phi) is 5.05. The summed E-state index contributed by atoms with van der Waals surface area (Å²) in [6, 6.07) is 3.01. The van der Waals surface area contributed by atoms with Crippen LogP contribution in [-0.4, -0.2) is 48.1 Å². The standard InChI is InChI=1S/C13H15ClF3N3O/c14-10-1-3-18-11(5-10)12(21)19-6-9-2-4-20(7-9)8-13(15,16)17/h1,3,5,9H,2,4,6-8H2,(H,19,21). The normalized spacial score (nSPS) is 19.7. The van der Waals surface area contributed by atoms with E-state index in [1.807, 2.05) is 0 Å². The predicted octanol–water partition coefficient (Wildman–Crippen LogP) is 2.35. The number of rotatable bonds is 4. The highest BCUT2D eigenvalue weighted by molar-refractivity contribution is 6.30. The molecule has 1 aromatic rings. The molecule has 0 aromatic carbocycles. The number of aromatic nitrogens is 1. The lowest BCUT2D eigenvalue weighted by Crippen LogP contribution is -2.34. The van der Waals surface area contributed by atoms with Gasteiger partial charge in [0.2, 0.25) is 0 Å². The lowest BCUT2D eigenvalue weighted by molar-refractivity contribution is -0.143. The zero-order valence-corrected chi connectivity index (χ0v) is 11.9. The molecule has 0 aliphatic carbocycles. The molecule has 1 N–H and O–H groups in total. The molecule has 1 aromatic heterocycles. The highest BCUT2D eigenvalue weighted by atomic mass is 35.5. The molecular weight excluding hydrogens is 307 g/mol. The summed E-state index contributed by atoms with van der Waals surface area (Å²) in [4.78, 5) is 17.1. The Balaban J connectivity index is 1.78. The summed E-state index contributed by atoms with van der Waals surface area (Å²) in [5.41, 5.74) is 0.202. The molecule has 1 aliphatic rings. The quantitative estimate of drug-likeness (QED) is 0.926. The Morgan fingerprint density at radius 1 is 1.52 bits per heavy atom. The highest BCUT2D eigenvalue weighted by Gasteiger charge is 2.34. The van der Waals surface area contributed by atoms with Gasteiger partial charge >= 0.3 is 6.18 Å². The van der Waals surface area contributed by atoms with Gasteiger partial charge in [0.25, 0.3) is 5.91 Å². The zero-order valence-electron chi connectivity index (χ0n) is 11.2. The minimum absolute atomic E-state index is 0.0236. The van der Waals surface area contributed by atoms with Gasteiger partial charge in [0.1, 0.15) is 5.69 Å². The van der Waals surface area contributed by atoms with Gasteiger partial charge in [-0.3, -0.25) is 14.7 Å². The molecule has 0 spiro atoms. The van der Waals surface area contributed by atoms with E-state index < -0.39 is 12.7 Å². The molecule has 4 nitrogen and oxygen atoms in total. The van der Waals surface area contributed by atoms with Gasteiger partial charge in [-0.1, -0.05) is 11.6 Å². The second kappa shape index (κ2) is 6.62. The Morgan fingerprint density at radius 2 is 2.29 bits per heavy atom. The van der Waals surface area contributed by atoms with Crippen LogP contribution in [0.2, 0.25) is 5.02 Å². The van der Waals surface area contributed by atoms with E-state index in [2.05, 4.69) is 10.3 Å². The van der Waals surface area contributed by atoms with E-state index in [9.17, 15) is 18.0 Å². The highest BCUT2D eigenvalue weighted by Crippen LogP contribution is 2.22. The van der Waals surface area contributed by atoms with Crippen LogP contribution in [0, 0.1) is 5.92 Å². The van der Waals surface area contributed by atoms with E-state index in [4.69, 9.17) is 11.6 Å². The number of likely N-dealkylation sites (tertiary alicyclic amines) is 1. The summed E-state index contributed by atoms with van der Waals surface area (Å²) >= 11 is 5.76. The second-order valence-electron chi connectivity index (χ2n) is 5.07. The first kappa shape index (κ1) is 16.0. The number of hydrogen-bond donors (Lipinski definition) is 1. The Morgan fingerprint density at radius 3 is 2.95 bits per heavy atom. The number of amides is 1. The van der Waals surface area contributed by atoms with E-state index in [1.165, 1.54) is 17.2 Å². The van der Waals surface area contributed by atoms with Crippen molar-refractivity contribution in [3.63, 3.8) is 0 Å². The van der Waals surface area contributed by atoms with Gasteiger partial charge in [-0.15, -0.1) is 0 Å². The average Bonchev–Trinajstić information content (AvgIpc) is 2.81. The van der Waals surface area contributed by atoms with Crippen molar-refractivity contribution in [2.24, 2.45) is 5.92 Å². The number of nitrogens with zero attached hydrogens (tertiary/aromatic N) is 2. The van der Waals surface area contributed by atoms with Crippen molar-refractivity contribution in [1.29, 1.82) is 0 Å². The van der Waals surface area contributed by atoms with Crippen LogP contribution >= 0.6 is 11.6 Å². The third-order valence-corrected chi connectivity index (χ3v) is 3.51. The molecule has 2 heterocycles. The van der Waals surface area contributed by atoms with Crippen LogP contribution in [0.4, 0.5) is 13.2 Å². The smallest absolute Gasteiger partial charge is 0.350 e. The first-order valence-corrected chi connectivity index (χ1v) is 6.90. The first-order valence-electron chi connectivity index (χ1n) is 6.52. The largest absolute Gasteiger partial charge is 0.401 e. The lowest BCUT2D eigenvalue weighted by Gasteiger charge is -2.17. The van der Waals surface area contributed by atoms with E-state index >= 15 is 0 Å². The monoisotopic (exact) mass is 321 g/mol. The molecule has 1 unspecified atom stereocenters. The summed E-state index contributed by atoms with van der Waals surface area (Å²) in [5, 5.41) is 3.09. The van der Waals surface area contributed by atoms with Crippen molar-refractivity contribution in [2.45, 2.75) is 12.6 Å². The molecule has 1 saturated heterocycles. The molecule has 0 bridgehead atoms. The second-order valence-corrected chi connectivity index (χ2v) is 5.51. The maximum Gasteiger partial charge on any atom is 0.401 e. The average molecular weight is 322 g/mol. The molecule has 1 fully saturated rings. The van der Waals surface area contributed by atoms with E-state index in [0.29, 0.717) is 31.1 Å². The SMILES string of the molecule is O=C(NCC1CCN(CC(F)(F)F)C1)c1cc(Cl)ccn1. The fourth-order valence-corrected chi connectivity index (χ4v) is 2.49. The Hall–Kier alpha value is -1.34. The third kappa shape index (κ3) is 5.17. The fraction of sp³-hybridized carbons (Fsp3) is 0.538. The fourth-order valence-electron chi connectivity index (χ4n) is 2.33. The topological polar surface area (TPSA) is 45.2 Å². The van der Waals surface area contributed by atoms with Gasteiger partial charge in [-0.25, -0.2) is 0 Å². The van der Waals surface area contributed by atoms with E-state index in [1.54, 1.807) is 6.07 Å². The van der Waals surface area contributed by atoms with Crippen molar-refractivity contribution in [2.75, 3.05) is 26.2 Å². The maximum atomic E-state index is 12.3. The van der Waals surface area contributed by atoms with Gasteiger partial charge in [0.05, 0.1) is 6.54 Å². The molecule has 0 saturated carbocycles. The van der Waals surface area contributed by atoms with Gasteiger partial charge in [-0.05, 0) is 31.0 Å². The van der Waals surface area contributed by atoms with Crippen LogP contribution in [0.5, 0.6) is 0 Å². The molecule has 116 valence electrons. The van der Waals surface area contributed by atoms with Gasteiger partial charge in [0, 0.05) is 24.3 Å². The first-order chi connectivity index (χ1) is 9.83. The van der Waals surface area contributed by atoms with Crippen LogP contribution in [0.25, 0.3) is 0 Å². The number of pyridine rings is 1. The van der Waals surface area contributed by atoms with Gasteiger partial charge in [0.15, 0.2) is 0 Å². The van der Waals surface area contributed by atoms with Crippen LogP contribution in [0.1, 0.15) is 16.9 Å². The predicted molar refractivity (Wildman–Crippen MR) is 72.2 cm³/mol. The molecule has 21 heavy (non-hydrogen) atoms. The summed E-state index contributed by atoms with van der Waals surface area (Å²) in [7, 11) is 0. The number of halogens is 4. The molecule has 1 atom stereocenters. The molecule has 8 heteroatoms. The van der Waals surface area contributed by atoms with Crippen molar-refractivity contribution in [3.05, 3.63) is 29.0 Å². The molecular formula is C13H15ClF3N3O. The summed E-state index contributed by atoms with van der Waals surface area (Å²) in [6.45, 7) is 0.174. The summed E-state index contributed by atoms with van der Waals surface area (Å²) < 4.78 is 36.8. The summed E-state index contributed by atoms with van der Waals surface area (Å²) in [6.07, 6.45) is -2.11. The third-order valence-electron chi connectivity index (χ3n) is 3.28. The van der Waals surface area contributed by atoms with Crippen molar-refractivity contribution >= 4 is 17.5 Å².